The summed E-state index contributed by atoms with van der Waals surface area (Å²) in [6.45, 7) is 9.04. The number of nitrogens with one attached hydrogen (secondary N) is 1. The van der Waals surface area contributed by atoms with E-state index in [0.29, 0.717) is 17.4 Å². The Morgan fingerprint density at radius 3 is 2.42 bits per heavy atom. The molecule has 3 heteroatoms. The first kappa shape index (κ1) is 16.5. The van der Waals surface area contributed by atoms with Crippen molar-refractivity contribution in [3.05, 3.63) is 34.6 Å². The topological polar surface area (TPSA) is 12.0 Å². The summed E-state index contributed by atoms with van der Waals surface area (Å²) in [5.74, 6) is 0.264. The van der Waals surface area contributed by atoms with Gasteiger partial charge in [-0.15, -0.1) is 0 Å². The molecule has 0 heterocycles. The lowest BCUT2D eigenvalue weighted by atomic mass is 9.78. The number of rotatable bonds is 5. The van der Waals surface area contributed by atoms with Crippen LogP contribution in [0, 0.1) is 17.2 Å². The van der Waals surface area contributed by atoms with Crippen LogP contribution in [0.2, 0.25) is 5.02 Å². The molecular weight excluding hydrogens is 261 g/mol. The number of hydrogen-bond acceptors (Lipinski definition) is 1. The summed E-state index contributed by atoms with van der Waals surface area (Å²) >= 11 is 5.70. The van der Waals surface area contributed by atoms with Gasteiger partial charge in [0.15, 0.2) is 0 Å². The van der Waals surface area contributed by atoms with E-state index in [2.05, 4.69) is 33.0 Å². The summed E-state index contributed by atoms with van der Waals surface area (Å²) < 4.78 is 13.4. The van der Waals surface area contributed by atoms with Crippen LogP contribution in [0.3, 0.4) is 0 Å². The van der Waals surface area contributed by atoms with Crippen molar-refractivity contribution in [3.8, 4) is 0 Å². The van der Waals surface area contributed by atoms with E-state index in [-0.39, 0.29) is 10.8 Å². The van der Waals surface area contributed by atoms with Crippen LogP contribution in [-0.4, -0.2) is 13.1 Å². The van der Waals surface area contributed by atoms with Crippen LogP contribution in [0.25, 0.3) is 0 Å². The molecule has 0 saturated heterocycles. The van der Waals surface area contributed by atoms with Crippen molar-refractivity contribution < 1.29 is 4.39 Å². The fraction of sp³-hybridized carbons (Fsp3) is 0.625. The molecular formula is C16H25ClFN. The predicted molar refractivity (Wildman–Crippen MR) is 81.2 cm³/mol. The third-order valence-electron chi connectivity index (χ3n) is 3.99. The quantitative estimate of drug-likeness (QED) is 0.828. The van der Waals surface area contributed by atoms with Gasteiger partial charge in [-0.3, -0.25) is 0 Å². The van der Waals surface area contributed by atoms with Gasteiger partial charge in [0, 0.05) is 6.04 Å². The van der Waals surface area contributed by atoms with E-state index < -0.39 is 0 Å². The SMILES string of the molecule is CNC(Cc1ccc(Cl)c(F)c1)CC(C)C(C)(C)C. The van der Waals surface area contributed by atoms with Crippen LogP contribution in [0.1, 0.15) is 39.7 Å². The van der Waals surface area contributed by atoms with E-state index in [4.69, 9.17) is 11.6 Å². The molecule has 1 aromatic carbocycles. The average molecular weight is 286 g/mol. The molecule has 0 amide bonds. The smallest absolute Gasteiger partial charge is 0.142 e. The van der Waals surface area contributed by atoms with Crippen molar-refractivity contribution in [1.29, 1.82) is 0 Å². The number of likely N-dealkylation sites (N-methyl/N-ethyl adjacent to an activating group) is 1. The Morgan fingerprint density at radius 1 is 1.32 bits per heavy atom. The Bertz CT molecular complexity index is 412. The normalized spacial score (nSPS) is 15.3. The molecule has 2 unspecified atom stereocenters. The van der Waals surface area contributed by atoms with Crippen LogP contribution in [0.4, 0.5) is 4.39 Å². The first-order valence-corrected chi connectivity index (χ1v) is 7.23. The van der Waals surface area contributed by atoms with Gasteiger partial charge in [0.2, 0.25) is 0 Å². The fourth-order valence-electron chi connectivity index (χ4n) is 2.03. The fourth-order valence-corrected chi connectivity index (χ4v) is 2.15. The van der Waals surface area contributed by atoms with E-state index in [9.17, 15) is 4.39 Å². The maximum atomic E-state index is 13.4. The molecule has 0 radical (unpaired) electrons. The Labute approximate surface area is 121 Å². The monoisotopic (exact) mass is 285 g/mol. The Kier molecular flexibility index (Phi) is 5.82. The summed E-state index contributed by atoms with van der Waals surface area (Å²) in [5.41, 5.74) is 1.28. The Morgan fingerprint density at radius 2 is 1.95 bits per heavy atom. The van der Waals surface area contributed by atoms with E-state index in [1.54, 1.807) is 6.07 Å². The van der Waals surface area contributed by atoms with Gasteiger partial charge in [-0.25, -0.2) is 4.39 Å². The second-order valence-corrected chi connectivity index (χ2v) is 6.85. The lowest BCUT2D eigenvalue weighted by Crippen LogP contribution is -2.33. The van der Waals surface area contributed by atoms with E-state index in [1.807, 2.05) is 13.1 Å². The average Bonchev–Trinajstić information content (AvgIpc) is 2.31. The van der Waals surface area contributed by atoms with Gasteiger partial charge in [-0.2, -0.15) is 0 Å². The highest BCUT2D eigenvalue weighted by Gasteiger charge is 2.23. The van der Waals surface area contributed by atoms with Crippen LogP contribution >= 0.6 is 11.6 Å². The van der Waals surface area contributed by atoms with E-state index in [1.165, 1.54) is 6.07 Å². The van der Waals surface area contributed by atoms with Crippen LogP contribution in [-0.2, 0) is 6.42 Å². The van der Waals surface area contributed by atoms with Gasteiger partial charge in [0.1, 0.15) is 5.82 Å². The first-order chi connectivity index (χ1) is 8.74. The van der Waals surface area contributed by atoms with Crippen molar-refractivity contribution in [3.63, 3.8) is 0 Å². The predicted octanol–water partition coefficient (Wildman–Crippen LogP) is 4.68. The largest absolute Gasteiger partial charge is 0.317 e. The molecule has 0 aliphatic heterocycles. The molecule has 0 aliphatic carbocycles. The van der Waals surface area contributed by atoms with Crippen LogP contribution < -0.4 is 5.32 Å². The molecule has 1 nitrogen and oxygen atoms in total. The van der Waals surface area contributed by atoms with E-state index >= 15 is 0 Å². The minimum Gasteiger partial charge on any atom is -0.317 e. The van der Waals surface area contributed by atoms with Crippen molar-refractivity contribution in [2.75, 3.05) is 7.05 Å². The molecule has 19 heavy (non-hydrogen) atoms. The zero-order valence-corrected chi connectivity index (χ0v) is 13.3. The zero-order valence-electron chi connectivity index (χ0n) is 12.6. The van der Waals surface area contributed by atoms with Gasteiger partial charge in [-0.05, 0) is 48.9 Å². The summed E-state index contributed by atoms with van der Waals surface area (Å²) in [4.78, 5) is 0. The maximum absolute atomic E-state index is 13.4. The lowest BCUT2D eigenvalue weighted by Gasteiger charge is -2.30. The van der Waals surface area contributed by atoms with Crippen LogP contribution in [0.15, 0.2) is 18.2 Å². The molecule has 2 atom stereocenters. The van der Waals surface area contributed by atoms with Gasteiger partial charge in [-0.1, -0.05) is 45.4 Å². The highest BCUT2D eigenvalue weighted by molar-refractivity contribution is 6.30. The molecule has 0 aliphatic rings. The molecule has 1 aromatic rings. The molecule has 1 rings (SSSR count). The molecule has 0 bridgehead atoms. The van der Waals surface area contributed by atoms with Gasteiger partial charge < -0.3 is 5.32 Å². The Hall–Kier alpha value is -0.600. The van der Waals surface area contributed by atoms with Gasteiger partial charge in [0.05, 0.1) is 5.02 Å². The van der Waals surface area contributed by atoms with Crippen molar-refractivity contribution in [1.82, 2.24) is 5.32 Å². The zero-order chi connectivity index (χ0) is 14.6. The molecule has 0 aromatic heterocycles. The van der Waals surface area contributed by atoms with E-state index in [0.717, 1.165) is 18.4 Å². The third-order valence-corrected chi connectivity index (χ3v) is 4.30. The lowest BCUT2D eigenvalue weighted by molar-refractivity contribution is 0.225. The summed E-state index contributed by atoms with van der Waals surface area (Å²) in [5, 5.41) is 3.52. The standard InChI is InChI=1S/C16H25ClFN/c1-11(16(2,3)4)8-13(19-5)9-12-6-7-14(17)15(18)10-12/h6-7,10-11,13,19H,8-9H2,1-5H3. The maximum Gasteiger partial charge on any atom is 0.142 e. The number of benzene rings is 1. The second kappa shape index (κ2) is 6.71. The highest BCUT2D eigenvalue weighted by Crippen LogP contribution is 2.29. The highest BCUT2D eigenvalue weighted by atomic mass is 35.5. The van der Waals surface area contributed by atoms with Crippen LogP contribution in [0.5, 0.6) is 0 Å². The van der Waals surface area contributed by atoms with Crippen molar-refractivity contribution in [2.24, 2.45) is 11.3 Å². The van der Waals surface area contributed by atoms with Crippen molar-refractivity contribution in [2.45, 2.75) is 46.6 Å². The van der Waals surface area contributed by atoms with Gasteiger partial charge >= 0.3 is 0 Å². The number of halogens is 2. The summed E-state index contributed by atoms with van der Waals surface area (Å²) in [6, 6.07) is 5.42. The Balaban J connectivity index is 2.69. The van der Waals surface area contributed by atoms with Crippen molar-refractivity contribution >= 4 is 11.6 Å². The summed E-state index contributed by atoms with van der Waals surface area (Å²) in [6.07, 6.45) is 1.90. The molecule has 0 fully saturated rings. The molecule has 0 spiro atoms. The second-order valence-electron chi connectivity index (χ2n) is 6.44. The number of hydrogen-bond donors (Lipinski definition) is 1. The summed E-state index contributed by atoms with van der Waals surface area (Å²) in [7, 11) is 1.96. The van der Waals surface area contributed by atoms with Gasteiger partial charge in [0.25, 0.3) is 0 Å². The minimum absolute atomic E-state index is 0.188. The molecule has 1 N–H and O–H groups in total. The molecule has 0 saturated carbocycles. The first-order valence-electron chi connectivity index (χ1n) is 6.85. The minimum atomic E-state index is -0.335. The molecule has 108 valence electrons. The third kappa shape index (κ3) is 5.12.